The third-order valence-corrected chi connectivity index (χ3v) is 11.9. The third kappa shape index (κ3) is 8.97. The molecule has 8 aromatic carbocycles. The molecule has 3 aromatic heterocycles. The van der Waals surface area contributed by atoms with E-state index in [4.69, 9.17) is 0 Å². The molecule has 0 aliphatic carbocycles. The van der Waals surface area contributed by atoms with Crippen LogP contribution in [-0.2, 0) is 20.1 Å². The van der Waals surface area contributed by atoms with Crippen LogP contribution in [0.2, 0.25) is 0 Å². The molecule has 0 spiro atoms. The molecule has 0 saturated carbocycles. The van der Waals surface area contributed by atoms with E-state index in [1.54, 1.807) is 12.4 Å². The van der Waals surface area contributed by atoms with Crippen molar-refractivity contribution in [2.24, 2.45) is 0 Å². The molecular formula is C63H40IrN3. The van der Waals surface area contributed by atoms with Crippen molar-refractivity contribution in [3.63, 3.8) is 0 Å². The fourth-order valence-corrected chi connectivity index (χ4v) is 8.66. The number of nitrogens with zero attached hydrogens (tertiary/aromatic N) is 3. The Kier molecular flexibility index (Phi) is 11.8. The summed E-state index contributed by atoms with van der Waals surface area (Å²) < 4.78 is 18.7. The van der Waals surface area contributed by atoms with Crippen molar-refractivity contribution in [1.29, 1.82) is 0 Å². The number of hydrogen-bond acceptors (Lipinski definition) is 3. The monoisotopic (exact) mass is 1030 g/mol. The molecule has 0 radical (unpaired) electrons. The van der Waals surface area contributed by atoms with Gasteiger partial charge in [-0.15, -0.1) is 83.4 Å². The molecule has 0 bridgehead atoms. The van der Waals surface area contributed by atoms with Gasteiger partial charge in [-0.05, 0) is 92.4 Å². The molecule has 0 aliphatic rings. The van der Waals surface area contributed by atoms with E-state index in [0.29, 0.717) is 12.1 Å². The summed E-state index contributed by atoms with van der Waals surface area (Å²) in [5, 5.41) is 0. The Labute approximate surface area is 408 Å². The van der Waals surface area contributed by atoms with Crippen LogP contribution in [0.4, 0.5) is 0 Å². The van der Waals surface area contributed by atoms with Gasteiger partial charge in [-0.1, -0.05) is 178 Å². The average Bonchev–Trinajstić information content (AvgIpc) is 3.41. The van der Waals surface area contributed by atoms with Crippen molar-refractivity contribution in [3.05, 3.63) is 261 Å². The average molecular weight is 1030 g/mol. The van der Waals surface area contributed by atoms with Crippen LogP contribution in [0.5, 0.6) is 0 Å². The zero-order valence-corrected chi connectivity index (χ0v) is 38.5. The molecule has 11 rings (SSSR count). The first kappa shape index (κ1) is 40.4. The van der Waals surface area contributed by atoms with Gasteiger partial charge in [0.25, 0.3) is 0 Å². The Hall–Kier alpha value is -8.14. The van der Waals surface area contributed by atoms with E-state index in [2.05, 4.69) is 148 Å². The van der Waals surface area contributed by atoms with Gasteiger partial charge in [0.1, 0.15) is 0 Å². The Balaban J connectivity index is 0.00000553. The van der Waals surface area contributed by atoms with E-state index in [-0.39, 0.29) is 20.1 Å². The largest absolute Gasteiger partial charge is 3.00 e. The van der Waals surface area contributed by atoms with Crippen LogP contribution >= 0.6 is 0 Å². The van der Waals surface area contributed by atoms with Gasteiger partial charge >= 0.3 is 20.1 Å². The molecule has 0 saturated heterocycles. The Morgan fingerprint density at radius 2 is 0.657 bits per heavy atom. The molecule has 0 atom stereocenters. The van der Waals surface area contributed by atoms with Crippen LogP contribution in [0.25, 0.3) is 112 Å². The van der Waals surface area contributed by atoms with Gasteiger partial charge in [0.15, 0.2) is 0 Å². The number of benzene rings is 8. The fraction of sp³-hybridized carbons (Fsp3) is 0. The summed E-state index contributed by atoms with van der Waals surface area (Å²) in [5.41, 5.74) is 18.5. The maximum atomic E-state index is 9.33. The SMILES string of the molecule is [2H]c1cc(-c2ccccn2)[c-]cc1-c1ccccc1-c1cc(-c2ccccc2-c2c[c-]c(-c3ccccn3)cc2[2H])cc(-c2ccccc2-c2c[c-]c(-c3ccccn3)cc2-c2ccccc2)c1.[Ir+3]. The molecule has 0 N–H and O–H groups in total. The predicted octanol–water partition coefficient (Wildman–Crippen LogP) is 15.9. The van der Waals surface area contributed by atoms with Gasteiger partial charge in [-0.25, -0.2) is 0 Å². The second-order valence-corrected chi connectivity index (χ2v) is 15.9. The van der Waals surface area contributed by atoms with E-state index in [9.17, 15) is 2.74 Å². The third-order valence-electron chi connectivity index (χ3n) is 11.9. The van der Waals surface area contributed by atoms with Gasteiger partial charge in [-0.3, -0.25) is 0 Å². The van der Waals surface area contributed by atoms with E-state index in [0.717, 1.165) is 112 Å². The van der Waals surface area contributed by atoms with Crippen molar-refractivity contribution < 1.29 is 22.8 Å². The summed E-state index contributed by atoms with van der Waals surface area (Å²) in [4.78, 5) is 13.7. The van der Waals surface area contributed by atoms with Gasteiger partial charge in [0.05, 0.1) is 0 Å². The maximum Gasteiger partial charge on any atom is 3.00 e. The van der Waals surface area contributed by atoms with Crippen LogP contribution in [-0.4, -0.2) is 15.0 Å². The van der Waals surface area contributed by atoms with E-state index >= 15 is 0 Å². The molecule has 0 aliphatic heterocycles. The summed E-state index contributed by atoms with van der Waals surface area (Å²) in [6.07, 6.45) is 5.33. The van der Waals surface area contributed by atoms with Crippen LogP contribution in [0.1, 0.15) is 2.74 Å². The Morgan fingerprint density at radius 1 is 0.284 bits per heavy atom. The second-order valence-electron chi connectivity index (χ2n) is 15.9. The first-order chi connectivity index (χ1) is 33.6. The number of hydrogen-bond donors (Lipinski definition) is 0. The molecular weight excluding hydrogens is 991 g/mol. The zero-order valence-electron chi connectivity index (χ0n) is 38.1. The second kappa shape index (κ2) is 19.5. The quantitative estimate of drug-likeness (QED) is 0.128. The van der Waals surface area contributed by atoms with Crippen molar-refractivity contribution in [2.45, 2.75) is 0 Å². The smallest absolute Gasteiger partial charge is 0.305 e. The van der Waals surface area contributed by atoms with Crippen molar-refractivity contribution >= 4 is 0 Å². The number of aromatic nitrogens is 3. The molecule has 3 heterocycles. The summed E-state index contributed by atoms with van der Waals surface area (Å²) in [6.45, 7) is 0. The van der Waals surface area contributed by atoms with Crippen LogP contribution in [0.15, 0.2) is 243 Å². The standard InChI is InChI=1S/C63H40N3.Ir/c1-2-16-44(17-3-1)60-43-49(63-26-12-15-39-66-63)35-36-59(60)58-23-9-8-22-57(58)52-41-50(55-20-6-4-18-53(55)45-27-31-47(32-28-45)61-24-10-13-37-64-61)40-51(42-52)56-21-7-5-19-54(56)46-29-33-48(34-30-46)62-25-11-14-38-65-62;/h1-31,33,36-43H;/q-3;+3/i27D,29D;. The van der Waals surface area contributed by atoms with E-state index in [1.807, 2.05) is 103 Å². The molecule has 316 valence electrons. The molecule has 11 aromatic rings. The van der Waals surface area contributed by atoms with Crippen molar-refractivity contribution in [1.82, 2.24) is 15.0 Å². The summed E-state index contributed by atoms with van der Waals surface area (Å²) in [7, 11) is 0. The van der Waals surface area contributed by atoms with Crippen LogP contribution in [0.3, 0.4) is 0 Å². The fourth-order valence-electron chi connectivity index (χ4n) is 8.66. The van der Waals surface area contributed by atoms with Gasteiger partial charge in [-0.2, -0.15) is 0 Å². The minimum absolute atomic E-state index is 0. The zero-order chi connectivity index (χ0) is 45.8. The van der Waals surface area contributed by atoms with Gasteiger partial charge in [0, 0.05) is 21.3 Å². The first-order valence-corrected chi connectivity index (χ1v) is 21.9. The van der Waals surface area contributed by atoms with E-state index in [1.165, 1.54) is 0 Å². The maximum absolute atomic E-state index is 9.33. The van der Waals surface area contributed by atoms with Crippen molar-refractivity contribution in [2.75, 3.05) is 0 Å². The summed E-state index contributed by atoms with van der Waals surface area (Å²) >= 11 is 0. The Bertz CT molecular complexity index is 3430. The number of pyridine rings is 3. The summed E-state index contributed by atoms with van der Waals surface area (Å²) in [6, 6.07) is 83.0. The molecule has 67 heavy (non-hydrogen) atoms. The topological polar surface area (TPSA) is 38.7 Å². The molecule has 3 nitrogen and oxygen atoms in total. The molecule has 4 heteroatoms. The van der Waals surface area contributed by atoms with Gasteiger partial charge < -0.3 is 15.0 Å². The first-order valence-electron chi connectivity index (χ1n) is 22.9. The van der Waals surface area contributed by atoms with Crippen molar-refractivity contribution in [3.8, 4) is 112 Å². The van der Waals surface area contributed by atoms with Gasteiger partial charge in [0.2, 0.25) is 0 Å². The molecule has 0 fully saturated rings. The Morgan fingerprint density at radius 3 is 1.09 bits per heavy atom. The van der Waals surface area contributed by atoms with Crippen LogP contribution < -0.4 is 0 Å². The molecule has 0 amide bonds. The minimum Gasteiger partial charge on any atom is -0.305 e. The minimum atomic E-state index is 0. The predicted molar refractivity (Wildman–Crippen MR) is 271 cm³/mol. The normalized spacial score (nSPS) is 11.3. The number of rotatable bonds is 10. The van der Waals surface area contributed by atoms with E-state index < -0.39 is 0 Å². The molecule has 0 unspecified atom stereocenters. The summed E-state index contributed by atoms with van der Waals surface area (Å²) in [5.74, 6) is 0. The van der Waals surface area contributed by atoms with Crippen LogP contribution in [0, 0.1) is 18.2 Å².